The van der Waals surface area contributed by atoms with Crippen molar-refractivity contribution >= 4 is 18.3 Å². The number of amides is 2. The molecule has 3 aliphatic rings. The van der Waals surface area contributed by atoms with Crippen LogP contribution in [0.25, 0.3) is 22.8 Å². The maximum absolute atomic E-state index is 13.0. The lowest BCUT2D eigenvalue weighted by atomic mass is 9.83. The van der Waals surface area contributed by atoms with Crippen LogP contribution in [0.5, 0.6) is 11.5 Å². The first-order valence-corrected chi connectivity index (χ1v) is 19.3. The third-order valence-electron chi connectivity index (χ3n) is 11.7. The van der Waals surface area contributed by atoms with E-state index < -0.39 is 11.6 Å². The number of rotatable bonds is 13. The molecule has 0 saturated carbocycles. The van der Waals surface area contributed by atoms with Crippen LogP contribution < -0.4 is 10.1 Å². The number of aldehydes is 1. The molecule has 2 aromatic carbocycles. The lowest BCUT2D eigenvalue weighted by Crippen LogP contribution is -2.60. The molecule has 3 N–H and O–H groups in total. The van der Waals surface area contributed by atoms with Crippen LogP contribution in [-0.4, -0.2) is 90.7 Å². The highest BCUT2D eigenvalue weighted by molar-refractivity contribution is 5.78. The largest absolute Gasteiger partial charge is 0.457 e. The van der Waals surface area contributed by atoms with Crippen molar-refractivity contribution in [1.29, 1.82) is 0 Å². The van der Waals surface area contributed by atoms with Crippen molar-refractivity contribution in [2.24, 2.45) is 11.8 Å². The standard InChI is InChI=1S/C40H51N9O5/c1-6-24(3)18-34(51)49-17-9-11-31(49)38-42-36(45-47-38)28-13-12-26-19-29-20-27(14-15-32(29)54-33(26)21-28)35-41-37(46-44-35)30-10-8-16-48(30)22-40(23-50,25(4)7-2)43-39(52)53-5/h12-15,20-21,23-25,30-31H,6-11,16-19,22H2,1-5H3,(H,43,52)(H,41,44,46)(H,42,45,47). The highest BCUT2D eigenvalue weighted by atomic mass is 16.5. The Bertz CT molecular complexity index is 1990. The molecule has 2 amide bonds. The quantitative estimate of drug-likeness (QED) is 0.113. The topological polar surface area (TPSA) is 171 Å². The molecule has 5 unspecified atom stereocenters. The number of nitrogens with zero attached hydrogens (tertiary/aromatic N) is 6. The maximum atomic E-state index is 13.0. The zero-order valence-electron chi connectivity index (χ0n) is 31.9. The number of alkyl carbamates (subject to hydrolysis) is 1. The number of fused-ring (bicyclic) bond motifs is 2. The van der Waals surface area contributed by atoms with Gasteiger partial charge in [0.25, 0.3) is 0 Å². The number of aromatic nitrogens is 6. The van der Waals surface area contributed by atoms with E-state index in [0.29, 0.717) is 43.4 Å². The van der Waals surface area contributed by atoms with E-state index in [2.05, 4.69) is 56.6 Å². The summed E-state index contributed by atoms with van der Waals surface area (Å²) in [5.74, 6) is 4.59. The number of carbonyl (C=O) groups is 3. The predicted octanol–water partition coefficient (Wildman–Crippen LogP) is 6.53. The van der Waals surface area contributed by atoms with Gasteiger partial charge >= 0.3 is 6.09 Å². The van der Waals surface area contributed by atoms with Gasteiger partial charge in [0.2, 0.25) is 5.91 Å². The number of nitrogens with one attached hydrogen (secondary N) is 3. The summed E-state index contributed by atoms with van der Waals surface area (Å²) in [6, 6.07) is 11.9. The van der Waals surface area contributed by atoms with Crippen LogP contribution in [0.1, 0.15) is 108 Å². The fraction of sp³-hybridized carbons (Fsp3) is 0.525. The Balaban J connectivity index is 1.04. The molecule has 54 heavy (non-hydrogen) atoms. The van der Waals surface area contributed by atoms with Crippen LogP contribution in [0.15, 0.2) is 36.4 Å². The number of H-pyrrole nitrogens is 2. The van der Waals surface area contributed by atoms with E-state index in [1.54, 1.807) is 0 Å². The SMILES string of the molecule is CCC(C)CC(=O)N1CCCC1c1nc(-c2ccc3c(c2)Oc2ccc(-c4n[nH]c(C5CCCN5CC(C=O)(NC(=O)OC)C(C)CC)n4)cc2C3)n[nH]1. The van der Waals surface area contributed by atoms with Gasteiger partial charge in [-0.3, -0.25) is 19.9 Å². The van der Waals surface area contributed by atoms with Crippen molar-refractivity contribution in [2.75, 3.05) is 26.7 Å². The second-order valence-corrected chi connectivity index (χ2v) is 15.2. The van der Waals surface area contributed by atoms with Crippen LogP contribution in [0.4, 0.5) is 4.79 Å². The second-order valence-electron chi connectivity index (χ2n) is 15.2. The first-order valence-electron chi connectivity index (χ1n) is 19.3. The van der Waals surface area contributed by atoms with Crippen LogP contribution in [-0.2, 0) is 20.7 Å². The Kier molecular flexibility index (Phi) is 10.8. The summed E-state index contributed by atoms with van der Waals surface area (Å²) in [6.07, 6.45) is 6.77. The van der Waals surface area contributed by atoms with Crippen molar-refractivity contribution in [2.45, 2.75) is 96.7 Å². The highest BCUT2D eigenvalue weighted by Gasteiger charge is 2.42. The third-order valence-corrected chi connectivity index (χ3v) is 11.7. The molecule has 3 aliphatic heterocycles. The summed E-state index contributed by atoms with van der Waals surface area (Å²) in [7, 11) is 1.30. The number of ether oxygens (including phenoxy) is 2. The number of hydrogen-bond donors (Lipinski definition) is 3. The molecular formula is C40H51N9O5. The van der Waals surface area contributed by atoms with E-state index in [1.807, 2.05) is 43.0 Å². The molecule has 5 heterocycles. The van der Waals surface area contributed by atoms with Crippen molar-refractivity contribution < 1.29 is 23.9 Å². The Morgan fingerprint density at radius 3 is 2.33 bits per heavy atom. The molecule has 2 aromatic heterocycles. The molecule has 2 saturated heterocycles. The molecule has 14 heteroatoms. The van der Waals surface area contributed by atoms with Gasteiger partial charge in [-0.2, -0.15) is 10.2 Å². The van der Waals surface area contributed by atoms with E-state index >= 15 is 0 Å². The first kappa shape index (κ1) is 37.2. The van der Waals surface area contributed by atoms with Crippen LogP contribution in [0.3, 0.4) is 0 Å². The Morgan fingerprint density at radius 2 is 1.63 bits per heavy atom. The smallest absolute Gasteiger partial charge is 0.407 e. The number of benzene rings is 2. The van der Waals surface area contributed by atoms with Crippen LogP contribution in [0.2, 0.25) is 0 Å². The maximum Gasteiger partial charge on any atom is 0.407 e. The molecule has 2 fully saturated rings. The highest BCUT2D eigenvalue weighted by Crippen LogP contribution is 2.41. The van der Waals surface area contributed by atoms with E-state index in [-0.39, 0.29) is 23.9 Å². The molecule has 0 radical (unpaired) electrons. The van der Waals surface area contributed by atoms with Gasteiger partial charge in [0.15, 0.2) is 11.6 Å². The lowest BCUT2D eigenvalue weighted by Gasteiger charge is -2.38. The average molecular weight is 738 g/mol. The monoisotopic (exact) mass is 737 g/mol. The van der Waals surface area contributed by atoms with Gasteiger partial charge < -0.3 is 24.5 Å². The van der Waals surface area contributed by atoms with Crippen molar-refractivity contribution in [1.82, 2.24) is 45.5 Å². The summed E-state index contributed by atoms with van der Waals surface area (Å²) in [5, 5.41) is 18.2. The summed E-state index contributed by atoms with van der Waals surface area (Å²) in [6.45, 7) is 10.1. The van der Waals surface area contributed by atoms with E-state index in [4.69, 9.17) is 19.4 Å². The van der Waals surface area contributed by atoms with E-state index in [0.717, 1.165) is 96.9 Å². The number of aromatic amines is 2. The number of likely N-dealkylation sites (tertiary alicyclic amines) is 2. The van der Waals surface area contributed by atoms with Gasteiger partial charge in [0.05, 0.1) is 19.2 Å². The molecule has 0 bridgehead atoms. The van der Waals surface area contributed by atoms with Gasteiger partial charge in [-0.05, 0) is 73.9 Å². The van der Waals surface area contributed by atoms with Gasteiger partial charge in [-0.25, -0.2) is 14.8 Å². The second kappa shape index (κ2) is 15.7. The fourth-order valence-electron chi connectivity index (χ4n) is 8.00. The Morgan fingerprint density at radius 1 is 0.944 bits per heavy atom. The average Bonchev–Trinajstić information content (AvgIpc) is 4.03. The lowest BCUT2D eigenvalue weighted by molar-refractivity contribution is -0.133. The molecule has 4 aromatic rings. The van der Waals surface area contributed by atoms with Crippen molar-refractivity contribution in [3.63, 3.8) is 0 Å². The van der Waals surface area contributed by atoms with Crippen molar-refractivity contribution in [3.05, 3.63) is 59.2 Å². The van der Waals surface area contributed by atoms with E-state index in [1.165, 1.54) is 7.11 Å². The van der Waals surface area contributed by atoms with Gasteiger partial charge in [0.1, 0.15) is 35.0 Å². The minimum atomic E-state index is -1.09. The predicted molar refractivity (Wildman–Crippen MR) is 202 cm³/mol. The Hall–Kier alpha value is -5.11. The zero-order valence-corrected chi connectivity index (χ0v) is 31.9. The molecular weight excluding hydrogens is 686 g/mol. The van der Waals surface area contributed by atoms with Gasteiger partial charge in [0, 0.05) is 42.6 Å². The fourth-order valence-corrected chi connectivity index (χ4v) is 8.00. The van der Waals surface area contributed by atoms with E-state index in [9.17, 15) is 14.4 Å². The van der Waals surface area contributed by atoms with Gasteiger partial charge in [-0.15, -0.1) is 0 Å². The summed E-state index contributed by atoms with van der Waals surface area (Å²) >= 11 is 0. The molecule has 286 valence electrons. The minimum Gasteiger partial charge on any atom is -0.457 e. The minimum absolute atomic E-state index is 0.0783. The molecule has 14 nitrogen and oxygen atoms in total. The van der Waals surface area contributed by atoms with Crippen LogP contribution >= 0.6 is 0 Å². The number of methoxy groups -OCH3 is 1. The molecule has 0 aliphatic carbocycles. The number of hydrogen-bond acceptors (Lipinski definition) is 10. The third kappa shape index (κ3) is 7.35. The molecule has 0 spiro atoms. The summed E-state index contributed by atoms with van der Waals surface area (Å²) < 4.78 is 11.3. The van der Waals surface area contributed by atoms with Crippen LogP contribution in [0, 0.1) is 11.8 Å². The zero-order chi connectivity index (χ0) is 38.0. The Labute approximate surface area is 315 Å². The first-order chi connectivity index (χ1) is 26.1. The summed E-state index contributed by atoms with van der Waals surface area (Å²) in [5.41, 5.74) is 2.71. The number of carbonyl (C=O) groups excluding carboxylic acids is 3. The van der Waals surface area contributed by atoms with Crippen molar-refractivity contribution in [3.8, 4) is 34.3 Å². The summed E-state index contributed by atoms with van der Waals surface area (Å²) in [4.78, 5) is 51.7. The molecule has 5 atom stereocenters. The van der Waals surface area contributed by atoms with Gasteiger partial charge in [-0.1, -0.05) is 52.7 Å². The normalized spacial score (nSPS) is 20.4. The molecule has 7 rings (SSSR count).